The van der Waals surface area contributed by atoms with E-state index in [1.165, 1.54) is 73.0 Å². The number of aliphatic hydroxyl groups is 2. The molecule has 0 unspecified atom stereocenters. The number of rotatable bonds is 29. The summed E-state index contributed by atoms with van der Waals surface area (Å²) in [5.74, 6) is 0.330. The van der Waals surface area contributed by atoms with E-state index in [-0.39, 0.29) is 41.7 Å². The van der Waals surface area contributed by atoms with Crippen molar-refractivity contribution in [1.82, 2.24) is 63.0 Å². The molecule has 3 amide bonds. The van der Waals surface area contributed by atoms with Crippen molar-refractivity contribution >= 4 is 161 Å². The Kier molecular flexibility index (Phi) is 30.3. The van der Waals surface area contributed by atoms with Gasteiger partial charge < -0.3 is 72.9 Å². The Morgan fingerprint density at radius 3 is 1.33 bits per heavy atom. The van der Waals surface area contributed by atoms with Crippen LogP contribution in [0.1, 0.15) is 165 Å². The number of Topliss-reactive ketones (excluding diaryl/α,β-unsaturated/α-hetero) is 3. The third kappa shape index (κ3) is 19.2. The molecular formula is C111H126N14O10. The quantitative estimate of drug-likeness (QED) is 0.0251. The van der Waals surface area contributed by atoms with Gasteiger partial charge in [0.2, 0.25) is 5.91 Å². The first-order chi connectivity index (χ1) is 65.4. The number of fused-ring (bicyclic) bond motifs is 21. The summed E-state index contributed by atoms with van der Waals surface area (Å²) >= 11 is 0. The second-order valence-electron chi connectivity index (χ2n) is 34.9. The molecule has 0 bridgehead atoms. The smallest absolute Gasteiger partial charge is 0.337 e. The maximum atomic E-state index is 12.2. The van der Waals surface area contributed by atoms with Crippen molar-refractivity contribution in [1.29, 1.82) is 0 Å². The second kappa shape index (κ2) is 42.5. The van der Waals surface area contributed by atoms with Crippen molar-refractivity contribution in [2.75, 3.05) is 125 Å². The number of hydrogen-bond acceptors (Lipinski definition) is 16. The van der Waals surface area contributed by atoms with Gasteiger partial charge in [0.1, 0.15) is 12.4 Å². The number of carbonyl (C=O) groups is 7. The van der Waals surface area contributed by atoms with Crippen LogP contribution in [-0.4, -0.2) is 224 Å². The van der Waals surface area contributed by atoms with Gasteiger partial charge >= 0.3 is 5.97 Å². The summed E-state index contributed by atoms with van der Waals surface area (Å²) in [6.45, 7) is 40.9. The van der Waals surface area contributed by atoms with E-state index in [0.29, 0.717) is 41.6 Å². The Morgan fingerprint density at radius 1 is 0.444 bits per heavy atom. The van der Waals surface area contributed by atoms with Gasteiger partial charge in [0.05, 0.1) is 42.6 Å². The van der Waals surface area contributed by atoms with Gasteiger partial charge in [-0.15, -0.1) is 0 Å². The standard InChI is InChI=1S/C25H28N4O.C22H28N4O2.C22H26N2O4.C21H25N3O.C21H19NO2/c1-5-28(6-2)13-14-29-24-9-7-19(17(3)30)15-21(24)22-16-20(8-10-25(22)29)23-11-12-26-18(4)27-23;1-5-25(6-2)11-12-26-19-9-7-15(21(27)23-3)13-17(19)18-14-16(22(28)24-4)8-10-20(18)26;1-4-23(5-2)10-11-24-19-8-6-15(21(26)14-25)12-17(19)18-13-16(22(27)28-3)7-9-20(18)24;1-4-23(5-2)12-13-24-17-9-7-6-8-16(17)20-18(24)11-10-15-14-19(25)22(3)21(15)20;1-12-2-3-15-13(12)4-7-17-20(15)21-16-6-9-19(24)14(16)5-8-18(21)22(17)10-11-23/h7-12,15-16H,5-6,13-14H2,1-4H3;7-10,13-14H,5-6,11-12H2,1-4H3,(H,23,27)(H,24,28);6-9,12-13,25H,4-5,10-11,14H2,1-3H3;6-11H,4-5,12-14H2,1-3H3;4-5,7-8,23H,1-3,6,9-11H2. The zero-order valence-electron chi connectivity index (χ0n) is 80.5. The summed E-state index contributed by atoms with van der Waals surface area (Å²) < 4.78 is 16.4. The monoisotopic (exact) mass is 1810 g/mol. The van der Waals surface area contributed by atoms with Crippen LogP contribution in [-0.2, 0) is 61.5 Å². The zero-order chi connectivity index (χ0) is 95.7. The van der Waals surface area contributed by atoms with Gasteiger partial charge in [-0.25, -0.2) is 14.8 Å². The van der Waals surface area contributed by atoms with Gasteiger partial charge in [-0.3, -0.25) is 28.8 Å². The fourth-order valence-electron chi connectivity index (χ4n) is 20.2. The number of likely N-dealkylation sites (N-methyl/N-ethyl adjacent to an activating group) is 5. The molecule has 24 nitrogen and oxygen atoms in total. The minimum absolute atomic E-state index is 0.0866. The number of hydrogen-bond donors (Lipinski definition) is 4. The molecule has 0 saturated carbocycles. The van der Waals surface area contributed by atoms with Gasteiger partial charge in [0.25, 0.3) is 11.8 Å². The molecule has 2 aliphatic carbocycles. The Labute approximate surface area is 788 Å². The van der Waals surface area contributed by atoms with Crippen molar-refractivity contribution in [3.63, 3.8) is 0 Å². The number of aromatic nitrogens is 7. The predicted octanol–water partition coefficient (Wildman–Crippen LogP) is 18.6. The van der Waals surface area contributed by atoms with Gasteiger partial charge in [0.15, 0.2) is 17.3 Å². The number of nitrogens with zero attached hydrogens (tertiary/aromatic N) is 12. The van der Waals surface area contributed by atoms with E-state index in [0.717, 1.165) is 229 Å². The molecular weight excluding hydrogens is 1690 g/mol. The molecule has 10 aromatic carbocycles. The number of esters is 1. The number of aryl methyl sites for hydroxylation is 3. The fourth-order valence-corrected chi connectivity index (χ4v) is 20.2. The summed E-state index contributed by atoms with van der Waals surface area (Å²) in [6, 6.07) is 58.2. The highest BCUT2D eigenvalue weighted by Crippen LogP contribution is 2.46. The van der Waals surface area contributed by atoms with Crippen LogP contribution >= 0.6 is 0 Å². The highest BCUT2D eigenvalue weighted by Gasteiger charge is 2.32. The molecule has 7 heterocycles. The molecule has 0 spiro atoms. The topological polar surface area (TPSA) is 260 Å². The van der Waals surface area contributed by atoms with Gasteiger partial charge in [-0.2, -0.15) is 0 Å². The average molecular weight is 1820 g/mol. The summed E-state index contributed by atoms with van der Waals surface area (Å²) in [5.41, 5.74) is 24.3. The molecule has 16 aromatic rings. The molecule has 3 aliphatic rings. The number of carbonyl (C=O) groups excluding carboxylic acids is 7. The van der Waals surface area contributed by atoms with Crippen molar-refractivity contribution in [3.8, 4) is 11.3 Å². The summed E-state index contributed by atoms with van der Waals surface area (Å²) in [4.78, 5) is 105. The Morgan fingerprint density at radius 2 is 0.844 bits per heavy atom. The van der Waals surface area contributed by atoms with Crippen LogP contribution < -0.4 is 15.5 Å². The third-order valence-electron chi connectivity index (χ3n) is 27.8. The molecule has 4 N–H and O–H groups in total. The number of allylic oxidation sites excluding steroid dienone is 1. The Hall–Kier alpha value is -13.3. The molecule has 0 fully saturated rings. The van der Waals surface area contributed by atoms with Crippen LogP contribution in [0.4, 0.5) is 5.69 Å². The minimum atomic E-state index is -0.528. The maximum Gasteiger partial charge on any atom is 0.337 e. The van der Waals surface area contributed by atoms with Crippen LogP contribution in [0.2, 0.25) is 0 Å². The van der Waals surface area contributed by atoms with E-state index < -0.39 is 12.6 Å². The lowest BCUT2D eigenvalue weighted by molar-refractivity contribution is -0.117. The van der Waals surface area contributed by atoms with Gasteiger partial charge in [-0.05, 0) is 253 Å². The van der Waals surface area contributed by atoms with Crippen molar-refractivity contribution in [2.24, 2.45) is 0 Å². The van der Waals surface area contributed by atoms with E-state index in [2.05, 4.69) is 204 Å². The third-order valence-corrected chi connectivity index (χ3v) is 27.8. The van der Waals surface area contributed by atoms with Crippen LogP contribution in [0, 0.1) is 6.92 Å². The van der Waals surface area contributed by atoms with Crippen molar-refractivity contribution in [3.05, 3.63) is 250 Å². The highest BCUT2D eigenvalue weighted by molar-refractivity contribution is 6.22. The molecule has 24 heteroatoms. The van der Waals surface area contributed by atoms with Crippen molar-refractivity contribution in [2.45, 2.75) is 134 Å². The lowest BCUT2D eigenvalue weighted by atomic mass is 9.97. The molecule has 19 rings (SSSR count). The number of benzene rings is 10. The van der Waals surface area contributed by atoms with Crippen molar-refractivity contribution < 1.29 is 48.5 Å². The molecule has 1 aliphatic heterocycles. The SMILES string of the molecule is C=C1CCc2c1ccc1c2c2c3c(ccc2n1CCO)C(=O)CC3.CCN(CC)CCn1c2ccc(C(=O)CO)cc2c2cc(C(=O)OC)ccc21.CCN(CC)CCn1c2ccc(C(=O)NC)cc2c2cc(C(=O)NC)ccc21.CCN(CC)CCn1c2ccc(C(C)=O)cc2c2cc(-c3ccnc(C)n3)ccc21.CCN(CC)CCn1c2ccccc2c2c3c(ccc21)CC(=O)N3C. The molecule has 0 saturated heterocycles. The molecule has 0 atom stereocenters. The number of aliphatic hydroxyl groups excluding tert-OH is 2. The number of ether oxygens (including phenoxy) is 1. The minimum Gasteiger partial charge on any atom is -0.465 e. The number of para-hydroxylation sites is 1. The molecule has 700 valence electrons. The first-order valence-electron chi connectivity index (χ1n) is 47.7. The Balaban J connectivity index is 0.000000129. The number of amides is 3. The fraction of sp³-hybridized carbons (Fsp3) is 0.342. The molecule has 135 heavy (non-hydrogen) atoms. The van der Waals surface area contributed by atoms with E-state index in [1.54, 1.807) is 45.4 Å². The summed E-state index contributed by atoms with van der Waals surface area (Å²) in [6.07, 6.45) is 5.78. The maximum absolute atomic E-state index is 12.2. The van der Waals surface area contributed by atoms with E-state index >= 15 is 0 Å². The number of ketones is 3. The average Bonchev–Trinajstić information content (AvgIpc) is 1.56. The lowest BCUT2D eigenvalue weighted by Crippen LogP contribution is -2.27. The molecule has 6 aromatic heterocycles. The van der Waals surface area contributed by atoms with Gasteiger partial charge in [-0.1, -0.05) is 98.4 Å². The number of methoxy groups -OCH3 is 1. The van der Waals surface area contributed by atoms with Crippen LogP contribution in [0.25, 0.3) is 126 Å². The second-order valence-corrected chi connectivity index (χ2v) is 34.9. The normalized spacial score (nSPS) is 12.9. The number of nitrogens with one attached hydrogen (secondary N) is 2. The van der Waals surface area contributed by atoms with E-state index in [1.807, 2.05) is 97.7 Å². The van der Waals surface area contributed by atoms with E-state index in [4.69, 9.17) is 4.74 Å². The zero-order valence-corrected chi connectivity index (χ0v) is 80.5. The summed E-state index contributed by atoms with van der Waals surface area (Å²) in [7, 11) is 6.51. The Bertz CT molecular complexity index is 6860. The van der Waals surface area contributed by atoms with Crippen LogP contribution in [0.5, 0.6) is 0 Å². The highest BCUT2D eigenvalue weighted by atomic mass is 16.5. The summed E-state index contributed by atoms with van der Waals surface area (Å²) in [5, 5.41) is 35.1. The van der Waals surface area contributed by atoms with Crippen LogP contribution in [0.3, 0.4) is 0 Å². The largest absolute Gasteiger partial charge is 0.465 e. The molecule has 0 radical (unpaired) electrons. The lowest BCUT2D eigenvalue weighted by Gasteiger charge is -2.19. The number of anilines is 1. The van der Waals surface area contributed by atoms with E-state index in [9.17, 15) is 43.8 Å². The predicted molar refractivity (Wildman–Crippen MR) is 548 cm³/mol. The first kappa shape index (κ1) is 96.3. The van der Waals surface area contributed by atoms with Crippen LogP contribution in [0.15, 0.2) is 189 Å². The van der Waals surface area contributed by atoms with Gasteiger partial charge in [0, 0.05) is 230 Å². The first-order valence-corrected chi connectivity index (χ1v) is 47.7.